The van der Waals surface area contributed by atoms with Gasteiger partial charge in [0.1, 0.15) is 5.82 Å². The molecule has 1 fully saturated rings. The van der Waals surface area contributed by atoms with E-state index in [1.165, 1.54) is 28.6 Å². The average molecular weight is 530 g/mol. The first-order chi connectivity index (χ1) is 17.1. The number of anilines is 1. The number of aryl methyl sites for hydroxylation is 2. The molecule has 6 nitrogen and oxygen atoms in total. The fourth-order valence-electron chi connectivity index (χ4n) is 4.25. The Bertz CT molecular complexity index is 1320. The second kappa shape index (κ2) is 11.0. The quantitative estimate of drug-likeness (QED) is 0.447. The van der Waals surface area contributed by atoms with Crippen molar-refractivity contribution in [3.8, 4) is 0 Å². The van der Waals surface area contributed by atoms with Crippen molar-refractivity contribution in [1.29, 1.82) is 0 Å². The maximum atomic E-state index is 13.5. The van der Waals surface area contributed by atoms with Crippen LogP contribution in [0.1, 0.15) is 16.7 Å². The molecule has 0 unspecified atom stereocenters. The summed E-state index contributed by atoms with van der Waals surface area (Å²) < 4.78 is 41.6. The molecule has 0 aliphatic carbocycles. The van der Waals surface area contributed by atoms with Gasteiger partial charge in [-0.2, -0.15) is 4.31 Å². The summed E-state index contributed by atoms with van der Waals surface area (Å²) in [5.41, 5.74) is 3.67. The number of hydrogen-bond donors (Lipinski definition) is 0. The molecular formula is C27H29ClFN3O3S. The third kappa shape index (κ3) is 6.06. The van der Waals surface area contributed by atoms with Crippen LogP contribution in [0.3, 0.4) is 0 Å². The molecule has 0 aromatic heterocycles. The lowest BCUT2D eigenvalue weighted by atomic mass is 10.1. The Kier molecular flexibility index (Phi) is 7.97. The molecule has 0 bridgehead atoms. The van der Waals surface area contributed by atoms with Gasteiger partial charge < -0.3 is 9.80 Å². The monoisotopic (exact) mass is 529 g/mol. The van der Waals surface area contributed by atoms with Crippen molar-refractivity contribution in [2.24, 2.45) is 0 Å². The third-order valence-electron chi connectivity index (χ3n) is 6.39. The van der Waals surface area contributed by atoms with E-state index in [1.807, 2.05) is 32.0 Å². The van der Waals surface area contributed by atoms with Crippen molar-refractivity contribution in [3.05, 3.63) is 94.3 Å². The number of nitrogens with zero attached hydrogens (tertiary/aromatic N) is 3. The van der Waals surface area contributed by atoms with Crippen molar-refractivity contribution in [2.45, 2.75) is 25.3 Å². The predicted molar refractivity (Wildman–Crippen MR) is 140 cm³/mol. The summed E-state index contributed by atoms with van der Waals surface area (Å²) in [4.78, 5) is 17.3. The zero-order valence-electron chi connectivity index (χ0n) is 20.3. The maximum Gasteiger partial charge on any atom is 0.243 e. The van der Waals surface area contributed by atoms with Crippen LogP contribution in [-0.4, -0.2) is 56.3 Å². The number of halogens is 2. The highest BCUT2D eigenvalue weighted by atomic mass is 35.5. The predicted octanol–water partition coefficient (Wildman–Crippen LogP) is 4.64. The Hall–Kier alpha value is -2.94. The van der Waals surface area contributed by atoms with Crippen molar-refractivity contribution < 1.29 is 17.6 Å². The van der Waals surface area contributed by atoms with E-state index in [0.29, 0.717) is 36.8 Å². The highest BCUT2D eigenvalue weighted by Crippen LogP contribution is 2.26. The zero-order chi connectivity index (χ0) is 25.9. The first kappa shape index (κ1) is 26.1. The van der Waals surface area contributed by atoms with Crippen LogP contribution < -0.4 is 4.90 Å². The lowest BCUT2D eigenvalue weighted by Gasteiger charge is -2.37. The molecule has 0 saturated carbocycles. The van der Waals surface area contributed by atoms with Crippen molar-refractivity contribution >= 4 is 33.2 Å². The van der Waals surface area contributed by atoms with Gasteiger partial charge in [0.2, 0.25) is 15.9 Å². The van der Waals surface area contributed by atoms with Crippen LogP contribution in [-0.2, 0) is 21.4 Å². The van der Waals surface area contributed by atoms with E-state index < -0.39 is 15.8 Å². The number of hydrogen-bond acceptors (Lipinski definition) is 4. The minimum Gasteiger partial charge on any atom is -0.368 e. The molecule has 190 valence electrons. The van der Waals surface area contributed by atoms with E-state index in [9.17, 15) is 17.6 Å². The smallest absolute Gasteiger partial charge is 0.243 e. The second-order valence-electron chi connectivity index (χ2n) is 9.01. The first-order valence-electron chi connectivity index (χ1n) is 11.7. The summed E-state index contributed by atoms with van der Waals surface area (Å²) in [6.45, 7) is 5.74. The summed E-state index contributed by atoms with van der Waals surface area (Å²) >= 11 is 6.18. The molecule has 0 spiro atoms. The van der Waals surface area contributed by atoms with Crippen LogP contribution in [0.4, 0.5) is 10.1 Å². The number of rotatable bonds is 7. The van der Waals surface area contributed by atoms with Crippen molar-refractivity contribution in [2.75, 3.05) is 37.6 Å². The largest absolute Gasteiger partial charge is 0.368 e. The minimum atomic E-state index is -3.96. The molecule has 3 aromatic carbocycles. The van der Waals surface area contributed by atoms with E-state index in [2.05, 4.69) is 4.90 Å². The molecule has 0 atom stereocenters. The number of sulfonamides is 1. The summed E-state index contributed by atoms with van der Waals surface area (Å²) in [7, 11) is -3.96. The van der Waals surface area contributed by atoms with E-state index in [-0.39, 0.29) is 23.9 Å². The van der Waals surface area contributed by atoms with Gasteiger partial charge in [-0.1, -0.05) is 47.5 Å². The summed E-state index contributed by atoms with van der Waals surface area (Å²) in [6.07, 6.45) is 0. The van der Waals surface area contributed by atoms with Crippen LogP contribution in [0.15, 0.2) is 71.6 Å². The van der Waals surface area contributed by atoms with E-state index in [0.717, 1.165) is 16.8 Å². The van der Waals surface area contributed by atoms with Crippen LogP contribution in [0.5, 0.6) is 0 Å². The molecule has 3 aromatic rings. The van der Waals surface area contributed by atoms with Gasteiger partial charge in [0.05, 0.1) is 11.4 Å². The molecule has 1 heterocycles. The van der Waals surface area contributed by atoms with Gasteiger partial charge in [-0.3, -0.25) is 4.79 Å². The third-order valence-corrected chi connectivity index (χ3v) is 8.43. The topological polar surface area (TPSA) is 60.9 Å². The van der Waals surface area contributed by atoms with Crippen molar-refractivity contribution in [1.82, 2.24) is 9.21 Å². The average Bonchev–Trinajstić information content (AvgIpc) is 2.86. The highest BCUT2D eigenvalue weighted by Gasteiger charge is 2.30. The fraction of sp³-hybridized carbons (Fsp3) is 0.296. The number of piperazine rings is 1. The Balaban J connectivity index is 1.50. The molecule has 9 heteroatoms. The minimum absolute atomic E-state index is 0.0378. The van der Waals surface area contributed by atoms with Gasteiger partial charge in [0.25, 0.3) is 0 Å². The normalized spacial score (nSPS) is 14.4. The van der Waals surface area contributed by atoms with E-state index in [1.54, 1.807) is 29.2 Å². The van der Waals surface area contributed by atoms with Crippen LogP contribution in [0, 0.1) is 19.7 Å². The van der Waals surface area contributed by atoms with Gasteiger partial charge in [-0.15, -0.1) is 0 Å². The molecule has 1 amide bonds. The van der Waals surface area contributed by atoms with Gasteiger partial charge in [0.15, 0.2) is 0 Å². The van der Waals surface area contributed by atoms with Crippen LogP contribution in [0.25, 0.3) is 0 Å². The SMILES string of the molecule is Cc1ccc(S(=O)(=O)N(CC(=O)N2CCN(c3cc(Cl)ccc3C)CC2)Cc2ccc(F)cc2)cc1. The maximum absolute atomic E-state index is 13.5. The van der Waals surface area contributed by atoms with Gasteiger partial charge >= 0.3 is 0 Å². The molecule has 0 radical (unpaired) electrons. The standard InChI is InChI=1S/C27H29ClFN3O3S/c1-20-3-11-25(12-4-20)36(34,35)32(18-22-6-9-24(29)10-7-22)19-27(33)31-15-13-30(14-16-31)26-17-23(28)8-5-21(26)2/h3-12,17H,13-16,18-19H2,1-2H3. The highest BCUT2D eigenvalue weighted by molar-refractivity contribution is 7.89. The Morgan fingerprint density at radius 1 is 0.944 bits per heavy atom. The summed E-state index contributed by atoms with van der Waals surface area (Å²) in [6, 6.07) is 17.9. The fourth-order valence-corrected chi connectivity index (χ4v) is 5.79. The van der Waals surface area contributed by atoms with Gasteiger partial charge in [-0.25, -0.2) is 12.8 Å². The van der Waals surface area contributed by atoms with Gasteiger partial charge in [0, 0.05) is 43.4 Å². The molecule has 36 heavy (non-hydrogen) atoms. The Morgan fingerprint density at radius 2 is 1.58 bits per heavy atom. The molecule has 1 saturated heterocycles. The van der Waals surface area contributed by atoms with Gasteiger partial charge in [-0.05, 0) is 61.4 Å². The summed E-state index contributed by atoms with van der Waals surface area (Å²) in [5, 5.41) is 0.659. The van der Waals surface area contributed by atoms with E-state index >= 15 is 0 Å². The van der Waals surface area contributed by atoms with Crippen molar-refractivity contribution in [3.63, 3.8) is 0 Å². The molecular weight excluding hydrogens is 501 g/mol. The molecule has 1 aliphatic heterocycles. The molecule has 4 rings (SSSR count). The molecule has 0 N–H and O–H groups in total. The first-order valence-corrected chi connectivity index (χ1v) is 13.6. The number of amides is 1. The van der Waals surface area contributed by atoms with Crippen LogP contribution in [0.2, 0.25) is 5.02 Å². The summed E-state index contributed by atoms with van der Waals surface area (Å²) in [5.74, 6) is -0.675. The Labute approximate surface area is 216 Å². The molecule has 1 aliphatic rings. The Morgan fingerprint density at radius 3 is 2.22 bits per heavy atom. The van der Waals surface area contributed by atoms with Crippen LogP contribution >= 0.6 is 11.6 Å². The number of benzene rings is 3. The van der Waals surface area contributed by atoms with E-state index in [4.69, 9.17) is 11.6 Å². The lowest BCUT2D eigenvalue weighted by Crippen LogP contribution is -2.51. The number of carbonyl (C=O) groups is 1. The zero-order valence-corrected chi connectivity index (χ0v) is 21.9. The second-order valence-corrected chi connectivity index (χ2v) is 11.4. The lowest BCUT2D eigenvalue weighted by molar-refractivity contribution is -0.131. The number of carbonyl (C=O) groups excluding carboxylic acids is 1.